The number of hydrogen-bond donors (Lipinski definition) is 1. The standard InChI is InChI=1S/C11H14ClN5/c1-4-13-10-7(2)11(16-8(3)15-10)17-6-9(12)5-14-17/h5-6H,4H2,1-3H3,(H,13,15,16). The number of halogens is 1. The molecule has 2 heterocycles. The van der Waals surface area contributed by atoms with E-state index in [1.165, 1.54) is 0 Å². The molecule has 17 heavy (non-hydrogen) atoms. The molecule has 1 N–H and O–H groups in total. The molecule has 5 nitrogen and oxygen atoms in total. The van der Waals surface area contributed by atoms with Crippen molar-refractivity contribution in [1.82, 2.24) is 19.7 Å². The number of rotatable bonds is 3. The third kappa shape index (κ3) is 2.39. The number of aromatic nitrogens is 4. The largest absolute Gasteiger partial charge is 0.370 e. The minimum atomic E-state index is 0.589. The first-order valence-electron chi connectivity index (χ1n) is 5.41. The van der Waals surface area contributed by atoms with Crippen molar-refractivity contribution in [2.75, 3.05) is 11.9 Å². The first kappa shape index (κ1) is 11.9. The first-order chi connectivity index (χ1) is 8.11. The molecule has 0 fully saturated rings. The Morgan fingerprint density at radius 3 is 2.71 bits per heavy atom. The maximum Gasteiger partial charge on any atom is 0.162 e. The van der Waals surface area contributed by atoms with E-state index in [4.69, 9.17) is 11.6 Å². The van der Waals surface area contributed by atoms with Crippen molar-refractivity contribution in [2.24, 2.45) is 0 Å². The topological polar surface area (TPSA) is 55.6 Å². The van der Waals surface area contributed by atoms with Crippen LogP contribution in [-0.2, 0) is 0 Å². The van der Waals surface area contributed by atoms with Crippen molar-refractivity contribution in [2.45, 2.75) is 20.8 Å². The van der Waals surface area contributed by atoms with Crippen molar-refractivity contribution in [3.63, 3.8) is 0 Å². The van der Waals surface area contributed by atoms with Crippen LogP contribution in [0.15, 0.2) is 12.4 Å². The van der Waals surface area contributed by atoms with Crippen LogP contribution in [0.2, 0.25) is 5.02 Å². The monoisotopic (exact) mass is 251 g/mol. The van der Waals surface area contributed by atoms with Gasteiger partial charge in [0.05, 0.1) is 17.4 Å². The molecule has 2 rings (SSSR count). The molecule has 2 aromatic heterocycles. The number of anilines is 1. The molecule has 0 aromatic carbocycles. The lowest BCUT2D eigenvalue weighted by molar-refractivity contribution is 0.818. The van der Waals surface area contributed by atoms with Gasteiger partial charge >= 0.3 is 0 Å². The molecule has 0 amide bonds. The van der Waals surface area contributed by atoms with Crippen LogP contribution in [-0.4, -0.2) is 26.3 Å². The van der Waals surface area contributed by atoms with Crippen molar-refractivity contribution in [3.05, 3.63) is 28.8 Å². The van der Waals surface area contributed by atoms with Gasteiger partial charge in [0.25, 0.3) is 0 Å². The van der Waals surface area contributed by atoms with Crippen LogP contribution < -0.4 is 5.32 Å². The Morgan fingerprint density at radius 2 is 2.12 bits per heavy atom. The van der Waals surface area contributed by atoms with Gasteiger partial charge < -0.3 is 5.32 Å². The lowest BCUT2D eigenvalue weighted by atomic mass is 10.3. The lowest BCUT2D eigenvalue weighted by Crippen LogP contribution is -2.10. The van der Waals surface area contributed by atoms with E-state index in [-0.39, 0.29) is 0 Å². The molecule has 0 bridgehead atoms. The molecule has 2 aromatic rings. The average Bonchev–Trinajstić information content (AvgIpc) is 2.70. The van der Waals surface area contributed by atoms with Gasteiger partial charge in [0.15, 0.2) is 5.82 Å². The highest BCUT2D eigenvalue weighted by molar-refractivity contribution is 6.30. The Kier molecular flexibility index (Phi) is 3.28. The third-order valence-corrected chi connectivity index (χ3v) is 2.54. The minimum Gasteiger partial charge on any atom is -0.370 e. The maximum absolute atomic E-state index is 5.86. The summed E-state index contributed by atoms with van der Waals surface area (Å²) in [5.74, 6) is 2.29. The fraction of sp³-hybridized carbons (Fsp3) is 0.364. The van der Waals surface area contributed by atoms with Gasteiger partial charge in [0, 0.05) is 12.1 Å². The number of nitrogens with one attached hydrogen (secondary N) is 1. The zero-order chi connectivity index (χ0) is 12.4. The van der Waals surface area contributed by atoms with Crippen LogP contribution in [0.4, 0.5) is 5.82 Å². The van der Waals surface area contributed by atoms with E-state index < -0.39 is 0 Å². The predicted molar refractivity (Wildman–Crippen MR) is 67.8 cm³/mol. The second-order valence-electron chi connectivity index (χ2n) is 3.70. The molecular weight excluding hydrogens is 238 g/mol. The van der Waals surface area contributed by atoms with Gasteiger partial charge in [0.1, 0.15) is 11.6 Å². The molecule has 0 atom stereocenters. The van der Waals surface area contributed by atoms with Crippen LogP contribution in [0.5, 0.6) is 0 Å². The Hall–Kier alpha value is -1.62. The summed E-state index contributed by atoms with van der Waals surface area (Å²) in [6, 6.07) is 0. The molecule has 0 unspecified atom stereocenters. The van der Waals surface area contributed by atoms with Gasteiger partial charge in [-0.3, -0.25) is 0 Å². The number of nitrogens with zero attached hydrogens (tertiary/aromatic N) is 4. The summed E-state index contributed by atoms with van der Waals surface area (Å²) in [7, 11) is 0. The van der Waals surface area contributed by atoms with Crippen LogP contribution in [0.25, 0.3) is 5.82 Å². The van der Waals surface area contributed by atoms with E-state index in [0.29, 0.717) is 10.8 Å². The smallest absolute Gasteiger partial charge is 0.162 e. The van der Waals surface area contributed by atoms with E-state index >= 15 is 0 Å². The SMILES string of the molecule is CCNc1nc(C)nc(-n2cc(Cl)cn2)c1C. The Labute approximate surface area is 105 Å². The Bertz CT molecular complexity index is 535. The van der Waals surface area contributed by atoms with Gasteiger partial charge in [-0.1, -0.05) is 11.6 Å². The summed E-state index contributed by atoms with van der Waals surface area (Å²) in [4.78, 5) is 8.75. The molecule has 0 saturated heterocycles. The van der Waals surface area contributed by atoms with E-state index in [1.807, 2.05) is 20.8 Å². The van der Waals surface area contributed by atoms with E-state index in [0.717, 1.165) is 23.7 Å². The quantitative estimate of drug-likeness (QED) is 0.910. The van der Waals surface area contributed by atoms with E-state index in [2.05, 4.69) is 20.4 Å². The van der Waals surface area contributed by atoms with Gasteiger partial charge in [-0.15, -0.1) is 0 Å². The molecule has 0 aliphatic rings. The van der Waals surface area contributed by atoms with E-state index in [9.17, 15) is 0 Å². The van der Waals surface area contributed by atoms with Gasteiger partial charge in [-0.25, -0.2) is 14.6 Å². The summed E-state index contributed by atoms with van der Waals surface area (Å²) in [5.41, 5.74) is 0.956. The zero-order valence-corrected chi connectivity index (χ0v) is 10.8. The number of hydrogen-bond acceptors (Lipinski definition) is 4. The molecule has 0 saturated carbocycles. The average molecular weight is 252 g/mol. The summed E-state index contributed by atoms with van der Waals surface area (Å²) in [6.07, 6.45) is 3.32. The normalized spacial score (nSPS) is 10.6. The summed E-state index contributed by atoms with van der Waals surface area (Å²) in [6.45, 7) is 6.66. The van der Waals surface area contributed by atoms with Crippen LogP contribution >= 0.6 is 11.6 Å². The Balaban J connectivity index is 2.53. The summed E-state index contributed by atoms with van der Waals surface area (Å²) < 4.78 is 1.66. The van der Waals surface area contributed by atoms with Gasteiger partial charge in [-0.05, 0) is 20.8 Å². The highest BCUT2D eigenvalue weighted by atomic mass is 35.5. The molecule has 0 radical (unpaired) electrons. The molecular formula is C11H14ClN5. The highest BCUT2D eigenvalue weighted by Gasteiger charge is 2.11. The molecule has 90 valence electrons. The highest BCUT2D eigenvalue weighted by Crippen LogP contribution is 2.19. The minimum absolute atomic E-state index is 0.589. The molecule has 6 heteroatoms. The summed E-state index contributed by atoms with van der Waals surface area (Å²) in [5, 5.41) is 7.95. The second-order valence-corrected chi connectivity index (χ2v) is 4.14. The van der Waals surface area contributed by atoms with Crippen molar-refractivity contribution in [1.29, 1.82) is 0 Å². The van der Waals surface area contributed by atoms with Gasteiger partial charge in [-0.2, -0.15) is 5.10 Å². The van der Waals surface area contributed by atoms with Crippen LogP contribution in [0.3, 0.4) is 0 Å². The molecule has 0 aliphatic heterocycles. The maximum atomic E-state index is 5.86. The predicted octanol–water partition coefficient (Wildman–Crippen LogP) is 2.36. The van der Waals surface area contributed by atoms with Gasteiger partial charge in [0.2, 0.25) is 0 Å². The first-order valence-corrected chi connectivity index (χ1v) is 5.79. The number of aryl methyl sites for hydroxylation is 1. The zero-order valence-electron chi connectivity index (χ0n) is 10.0. The van der Waals surface area contributed by atoms with Crippen LogP contribution in [0.1, 0.15) is 18.3 Å². The van der Waals surface area contributed by atoms with Crippen LogP contribution in [0, 0.1) is 13.8 Å². The van der Waals surface area contributed by atoms with Crippen molar-refractivity contribution >= 4 is 17.4 Å². The lowest BCUT2D eigenvalue weighted by Gasteiger charge is -2.11. The van der Waals surface area contributed by atoms with Crippen molar-refractivity contribution < 1.29 is 0 Å². The molecule has 0 spiro atoms. The molecule has 0 aliphatic carbocycles. The second kappa shape index (κ2) is 4.71. The van der Waals surface area contributed by atoms with Crippen molar-refractivity contribution in [3.8, 4) is 5.82 Å². The fourth-order valence-corrected chi connectivity index (χ4v) is 1.73. The van der Waals surface area contributed by atoms with E-state index in [1.54, 1.807) is 17.1 Å². The third-order valence-electron chi connectivity index (χ3n) is 2.34. The summed E-state index contributed by atoms with van der Waals surface area (Å²) >= 11 is 5.86. The fourth-order valence-electron chi connectivity index (χ4n) is 1.59. The Morgan fingerprint density at radius 1 is 1.35 bits per heavy atom.